The molecule has 1 aromatic carbocycles. The molecule has 0 spiro atoms. The lowest BCUT2D eigenvalue weighted by Gasteiger charge is -2.14. The van der Waals surface area contributed by atoms with Crippen molar-refractivity contribution in [2.24, 2.45) is 5.73 Å². The molecule has 4 nitrogen and oxygen atoms in total. The van der Waals surface area contributed by atoms with Crippen LogP contribution < -0.4 is 5.73 Å². The summed E-state index contributed by atoms with van der Waals surface area (Å²) in [6.07, 6.45) is -0.214. The van der Waals surface area contributed by atoms with Crippen LogP contribution in [0.3, 0.4) is 0 Å². The molecule has 2 aromatic rings. The van der Waals surface area contributed by atoms with E-state index in [9.17, 15) is 5.11 Å². The summed E-state index contributed by atoms with van der Waals surface area (Å²) in [5, 5.41) is 9.39. The van der Waals surface area contributed by atoms with Crippen molar-refractivity contribution in [3.05, 3.63) is 41.7 Å². The molecule has 0 radical (unpaired) electrons. The number of nitrogens with two attached hydrogens (primary N) is 1. The highest BCUT2D eigenvalue weighted by atomic mass is 16.3. The summed E-state index contributed by atoms with van der Waals surface area (Å²) >= 11 is 0. The van der Waals surface area contributed by atoms with Gasteiger partial charge in [-0.15, -0.1) is 0 Å². The summed E-state index contributed by atoms with van der Waals surface area (Å²) in [6, 6.07) is 9.86. The molecule has 2 rings (SSSR count). The number of rotatable bonds is 3. The molecule has 1 atom stereocenters. The second-order valence-corrected chi connectivity index (χ2v) is 4.10. The second kappa shape index (κ2) is 4.69. The van der Waals surface area contributed by atoms with Gasteiger partial charge in [0.25, 0.3) is 0 Å². The van der Waals surface area contributed by atoms with Crippen LogP contribution in [0.2, 0.25) is 0 Å². The van der Waals surface area contributed by atoms with Crippen LogP contribution in [0.5, 0.6) is 0 Å². The van der Waals surface area contributed by atoms with Gasteiger partial charge in [-0.25, -0.2) is 4.98 Å². The van der Waals surface area contributed by atoms with Crippen molar-refractivity contribution in [2.45, 2.75) is 26.6 Å². The van der Waals surface area contributed by atoms with Crippen molar-refractivity contribution < 1.29 is 5.11 Å². The molecule has 0 bridgehead atoms. The molecule has 0 fully saturated rings. The Morgan fingerprint density at radius 2 is 2.00 bits per heavy atom. The average molecular weight is 231 g/mol. The van der Waals surface area contributed by atoms with E-state index in [1.54, 1.807) is 0 Å². The molecule has 90 valence electrons. The normalized spacial score (nSPS) is 12.7. The van der Waals surface area contributed by atoms with E-state index >= 15 is 0 Å². The maximum Gasteiger partial charge on any atom is 0.141 e. The van der Waals surface area contributed by atoms with Gasteiger partial charge in [0.15, 0.2) is 0 Å². The largest absolute Gasteiger partial charge is 0.390 e. The number of aliphatic hydroxyl groups is 1. The maximum atomic E-state index is 9.39. The van der Waals surface area contributed by atoms with E-state index in [1.165, 1.54) is 0 Å². The number of aryl methyl sites for hydroxylation is 1. The summed E-state index contributed by atoms with van der Waals surface area (Å²) in [7, 11) is 0. The van der Waals surface area contributed by atoms with E-state index in [0.29, 0.717) is 0 Å². The van der Waals surface area contributed by atoms with Gasteiger partial charge in [0.2, 0.25) is 0 Å². The summed E-state index contributed by atoms with van der Waals surface area (Å²) in [4.78, 5) is 4.50. The zero-order chi connectivity index (χ0) is 12.4. The van der Waals surface area contributed by atoms with E-state index in [0.717, 1.165) is 22.8 Å². The van der Waals surface area contributed by atoms with Gasteiger partial charge >= 0.3 is 0 Å². The molecule has 3 N–H and O–H groups in total. The van der Waals surface area contributed by atoms with Crippen LogP contribution in [-0.2, 0) is 6.61 Å². The van der Waals surface area contributed by atoms with Gasteiger partial charge < -0.3 is 15.4 Å². The fraction of sp³-hybridized carbons (Fsp3) is 0.308. The van der Waals surface area contributed by atoms with Crippen molar-refractivity contribution in [3.8, 4) is 11.4 Å². The van der Waals surface area contributed by atoms with Gasteiger partial charge in [0.1, 0.15) is 5.82 Å². The highest BCUT2D eigenvalue weighted by Gasteiger charge is 2.17. The van der Waals surface area contributed by atoms with E-state index in [4.69, 9.17) is 5.73 Å². The molecule has 17 heavy (non-hydrogen) atoms. The van der Waals surface area contributed by atoms with E-state index < -0.39 is 0 Å². The lowest BCUT2D eigenvalue weighted by Crippen LogP contribution is -2.18. The SMILES string of the molecule is Cc1nc(-c2ccccc2)n(C(C)N)c1CO. The minimum Gasteiger partial charge on any atom is -0.390 e. The Morgan fingerprint density at radius 3 is 2.53 bits per heavy atom. The number of aliphatic hydroxyl groups excluding tert-OH is 1. The quantitative estimate of drug-likeness (QED) is 0.847. The van der Waals surface area contributed by atoms with Crippen molar-refractivity contribution in [3.63, 3.8) is 0 Å². The third kappa shape index (κ3) is 2.09. The van der Waals surface area contributed by atoms with E-state index in [-0.39, 0.29) is 12.8 Å². The van der Waals surface area contributed by atoms with Gasteiger partial charge in [-0.1, -0.05) is 30.3 Å². The molecule has 0 saturated heterocycles. The smallest absolute Gasteiger partial charge is 0.141 e. The predicted molar refractivity (Wildman–Crippen MR) is 67.2 cm³/mol. The highest BCUT2D eigenvalue weighted by molar-refractivity contribution is 5.57. The summed E-state index contributed by atoms with van der Waals surface area (Å²) in [5.41, 5.74) is 8.56. The van der Waals surface area contributed by atoms with Crippen LogP contribution >= 0.6 is 0 Å². The van der Waals surface area contributed by atoms with Gasteiger partial charge in [0.05, 0.1) is 24.2 Å². The molecule has 4 heteroatoms. The molecule has 0 aliphatic rings. The first-order valence-electron chi connectivity index (χ1n) is 5.64. The van der Waals surface area contributed by atoms with Crippen LogP contribution in [0, 0.1) is 6.92 Å². The highest BCUT2D eigenvalue weighted by Crippen LogP contribution is 2.24. The van der Waals surface area contributed by atoms with Gasteiger partial charge in [-0.05, 0) is 13.8 Å². The minimum atomic E-state index is -0.214. The number of hydrogen-bond acceptors (Lipinski definition) is 3. The Labute approximate surface area is 101 Å². The molecule has 1 unspecified atom stereocenters. The van der Waals surface area contributed by atoms with Crippen LogP contribution in [-0.4, -0.2) is 14.7 Å². The zero-order valence-corrected chi connectivity index (χ0v) is 10.1. The Hall–Kier alpha value is -1.65. The third-order valence-electron chi connectivity index (χ3n) is 2.80. The standard InChI is InChI=1S/C13H17N3O/c1-9-12(8-17)16(10(2)14)13(15-9)11-6-4-3-5-7-11/h3-7,10,17H,8,14H2,1-2H3. The Bertz CT molecular complexity index is 503. The summed E-state index contributed by atoms with van der Waals surface area (Å²) in [6.45, 7) is 3.72. The lowest BCUT2D eigenvalue weighted by atomic mass is 10.2. The number of nitrogens with zero attached hydrogens (tertiary/aromatic N) is 2. The first-order chi connectivity index (χ1) is 8.15. The monoisotopic (exact) mass is 231 g/mol. The van der Waals surface area contributed by atoms with Gasteiger partial charge in [-0.2, -0.15) is 0 Å². The van der Waals surface area contributed by atoms with Crippen molar-refractivity contribution in [2.75, 3.05) is 0 Å². The van der Waals surface area contributed by atoms with Crippen LogP contribution in [0.25, 0.3) is 11.4 Å². The fourth-order valence-electron chi connectivity index (χ4n) is 2.00. The topological polar surface area (TPSA) is 64.1 Å². The van der Waals surface area contributed by atoms with Gasteiger partial charge in [0, 0.05) is 5.56 Å². The number of imidazole rings is 1. The van der Waals surface area contributed by atoms with E-state index in [1.807, 2.05) is 48.7 Å². The molecular weight excluding hydrogens is 214 g/mol. The van der Waals surface area contributed by atoms with Crippen molar-refractivity contribution in [1.82, 2.24) is 9.55 Å². The number of hydrogen-bond donors (Lipinski definition) is 2. The molecule has 0 aliphatic heterocycles. The molecule has 1 aromatic heterocycles. The molecule has 1 heterocycles. The third-order valence-corrected chi connectivity index (χ3v) is 2.80. The first-order valence-corrected chi connectivity index (χ1v) is 5.64. The van der Waals surface area contributed by atoms with Gasteiger partial charge in [-0.3, -0.25) is 0 Å². The Kier molecular flexibility index (Phi) is 3.26. The zero-order valence-electron chi connectivity index (χ0n) is 10.1. The summed E-state index contributed by atoms with van der Waals surface area (Å²) < 4.78 is 1.88. The van der Waals surface area contributed by atoms with E-state index in [2.05, 4.69) is 4.98 Å². The molecular formula is C13H17N3O. The fourth-order valence-corrected chi connectivity index (χ4v) is 2.00. The average Bonchev–Trinajstić information content (AvgIpc) is 2.67. The Morgan fingerprint density at radius 1 is 1.35 bits per heavy atom. The van der Waals surface area contributed by atoms with Crippen molar-refractivity contribution in [1.29, 1.82) is 0 Å². The molecule has 0 aliphatic carbocycles. The second-order valence-electron chi connectivity index (χ2n) is 4.10. The maximum absolute atomic E-state index is 9.39. The number of aromatic nitrogens is 2. The minimum absolute atomic E-state index is 0.0484. The van der Waals surface area contributed by atoms with Crippen molar-refractivity contribution >= 4 is 0 Å². The van der Waals surface area contributed by atoms with Crippen LogP contribution in [0.4, 0.5) is 0 Å². The van der Waals surface area contributed by atoms with Crippen LogP contribution in [0.1, 0.15) is 24.5 Å². The summed E-state index contributed by atoms with van der Waals surface area (Å²) in [5.74, 6) is 0.808. The number of benzene rings is 1. The first kappa shape index (κ1) is 11.8. The Balaban J connectivity index is 2.62. The molecule has 0 saturated carbocycles. The lowest BCUT2D eigenvalue weighted by molar-refractivity contribution is 0.267. The predicted octanol–water partition coefficient (Wildman–Crippen LogP) is 1.83. The molecule has 0 amide bonds. The van der Waals surface area contributed by atoms with Crippen LogP contribution in [0.15, 0.2) is 30.3 Å².